The number of aliphatic hydroxyl groups is 1. The monoisotopic (exact) mass is 287 g/mol. The maximum absolute atomic E-state index is 12.0. The molecule has 0 saturated heterocycles. The summed E-state index contributed by atoms with van der Waals surface area (Å²) >= 11 is 0. The molecule has 0 aromatic heterocycles. The highest BCUT2D eigenvalue weighted by Gasteiger charge is 2.15. The van der Waals surface area contributed by atoms with E-state index in [2.05, 4.69) is 4.72 Å². The van der Waals surface area contributed by atoms with Gasteiger partial charge in [-0.05, 0) is 24.5 Å². The third-order valence-electron chi connectivity index (χ3n) is 2.67. The molecule has 0 aliphatic carbocycles. The van der Waals surface area contributed by atoms with Crippen LogP contribution in [0.1, 0.15) is 24.5 Å². The van der Waals surface area contributed by atoms with Gasteiger partial charge in [0.2, 0.25) is 10.0 Å². The Kier molecular flexibility index (Phi) is 6.44. The number of sulfonamides is 1. The van der Waals surface area contributed by atoms with E-state index >= 15 is 0 Å². The first-order valence-electron chi connectivity index (χ1n) is 6.14. The van der Waals surface area contributed by atoms with Gasteiger partial charge in [0.15, 0.2) is 0 Å². The largest absolute Gasteiger partial charge is 0.392 e. The van der Waals surface area contributed by atoms with Gasteiger partial charge in [-0.2, -0.15) is 0 Å². The van der Waals surface area contributed by atoms with Crippen molar-refractivity contribution < 1.29 is 18.3 Å². The lowest BCUT2D eigenvalue weighted by atomic mass is 10.1. The van der Waals surface area contributed by atoms with Crippen LogP contribution in [0.3, 0.4) is 0 Å². The molecule has 0 aliphatic heterocycles. The summed E-state index contributed by atoms with van der Waals surface area (Å²) in [6, 6.07) is 6.76. The van der Waals surface area contributed by atoms with E-state index in [1.807, 2.05) is 0 Å². The van der Waals surface area contributed by atoms with Crippen molar-refractivity contribution in [2.24, 2.45) is 0 Å². The fourth-order valence-electron chi connectivity index (χ4n) is 1.74. The van der Waals surface area contributed by atoms with Gasteiger partial charge < -0.3 is 9.84 Å². The molecule has 1 rings (SSSR count). The van der Waals surface area contributed by atoms with Gasteiger partial charge in [0.05, 0.1) is 12.4 Å². The zero-order chi connectivity index (χ0) is 14.3. The summed E-state index contributed by atoms with van der Waals surface area (Å²) in [5, 5.41) is 9.02. The Bertz CT molecular complexity index is 487. The maximum Gasteiger partial charge on any atom is 0.216 e. The molecule has 0 aliphatic rings. The summed E-state index contributed by atoms with van der Waals surface area (Å²) in [5.74, 6) is -0.0852. The molecule has 2 N–H and O–H groups in total. The topological polar surface area (TPSA) is 75.6 Å². The average molecular weight is 287 g/mol. The van der Waals surface area contributed by atoms with E-state index in [4.69, 9.17) is 9.84 Å². The lowest BCUT2D eigenvalue weighted by Gasteiger charge is -2.14. The van der Waals surface area contributed by atoms with Gasteiger partial charge in [0.25, 0.3) is 0 Å². The van der Waals surface area contributed by atoms with E-state index in [1.165, 1.54) is 0 Å². The predicted octanol–water partition coefficient (Wildman–Crippen LogP) is 1.02. The van der Waals surface area contributed by atoms with E-state index in [0.29, 0.717) is 24.2 Å². The molecule has 5 nitrogen and oxygen atoms in total. The first-order chi connectivity index (χ1) is 8.96. The summed E-state index contributed by atoms with van der Waals surface area (Å²) < 4.78 is 31.4. The quantitative estimate of drug-likeness (QED) is 0.748. The molecule has 6 heteroatoms. The molecule has 1 aromatic rings. The van der Waals surface area contributed by atoms with Crippen LogP contribution < -0.4 is 4.72 Å². The Hall–Kier alpha value is -0.950. The number of ether oxygens (including phenoxy) is 1. The molecule has 0 heterocycles. The van der Waals surface area contributed by atoms with Crippen LogP contribution in [0.25, 0.3) is 0 Å². The van der Waals surface area contributed by atoms with E-state index in [0.717, 1.165) is 0 Å². The first-order valence-corrected chi connectivity index (χ1v) is 7.79. The summed E-state index contributed by atoms with van der Waals surface area (Å²) in [5.41, 5.74) is 1.37. The smallest absolute Gasteiger partial charge is 0.216 e. The highest BCUT2D eigenvalue weighted by molar-refractivity contribution is 7.88. The Morgan fingerprint density at radius 3 is 2.68 bits per heavy atom. The van der Waals surface area contributed by atoms with Gasteiger partial charge in [-0.3, -0.25) is 0 Å². The van der Waals surface area contributed by atoms with Crippen molar-refractivity contribution in [3.05, 3.63) is 35.4 Å². The Balaban J connectivity index is 2.63. The minimum Gasteiger partial charge on any atom is -0.392 e. The van der Waals surface area contributed by atoms with Crippen molar-refractivity contribution in [1.29, 1.82) is 0 Å². The molecule has 0 saturated carbocycles. The minimum atomic E-state index is -3.38. The van der Waals surface area contributed by atoms with Crippen molar-refractivity contribution in [2.75, 3.05) is 13.7 Å². The van der Waals surface area contributed by atoms with Crippen molar-refractivity contribution in [3.63, 3.8) is 0 Å². The second kappa shape index (κ2) is 7.59. The van der Waals surface area contributed by atoms with Gasteiger partial charge >= 0.3 is 0 Å². The summed E-state index contributed by atoms with van der Waals surface area (Å²) in [6.07, 6.45) is 0.631. The van der Waals surface area contributed by atoms with Gasteiger partial charge in [0, 0.05) is 19.8 Å². The molecule has 1 aromatic carbocycles. The molecule has 108 valence electrons. The standard InChI is InChI=1S/C13H21NO4S/c1-11(6-7-18-2)14-19(16,17)10-13-5-3-4-12(8-13)9-15/h3-5,8,11,14-15H,6-7,9-10H2,1-2H3. The van der Waals surface area contributed by atoms with E-state index in [-0.39, 0.29) is 18.4 Å². The third kappa shape index (κ3) is 6.15. The number of hydrogen-bond acceptors (Lipinski definition) is 4. The summed E-state index contributed by atoms with van der Waals surface area (Å²) in [7, 11) is -1.79. The van der Waals surface area contributed by atoms with Crippen LogP contribution in [0.5, 0.6) is 0 Å². The Morgan fingerprint density at radius 1 is 1.37 bits per heavy atom. The fourth-order valence-corrected chi connectivity index (χ4v) is 3.17. The van der Waals surface area contributed by atoms with Crippen molar-refractivity contribution in [3.8, 4) is 0 Å². The van der Waals surface area contributed by atoms with Crippen molar-refractivity contribution in [2.45, 2.75) is 31.7 Å². The van der Waals surface area contributed by atoms with Crippen LogP contribution in [-0.2, 0) is 27.1 Å². The van der Waals surface area contributed by atoms with Gasteiger partial charge in [0.1, 0.15) is 0 Å². The normalized spacial score (nSPS) is 13.4. The number of hydrogen-bond donors (Lipinski definition) is 2. The number of aliphatic hydroxyl groups excluding tert-OH is 1. The van der Waals surface area contributed by atoms with E-state index in [1.54, 1.807) is 38.3 Å². The van der Waals surface area contributed by atoms with Crippen molar-refractivity contribution >= 4 is 10.0 Å². The van der Waals surface area contributed by atoms with Gasteiger partial charge in [-0.15, -0.1) is 0 Å². The molecule has 1 unspecified atom stereocenters. The number of benzene rings is 1. The fraction of sp³-hybridized carbons (Fsp3) is 0.538. The molecule has 0 amide bonds. The minimum absolute atomic E-state index is 0.0852. The number of rotatable bonds is 8. The number of methoxy groups -OCH3 is 1. The molecule has 0 bridgehead atoms. The predicted molar refractivity (Wildman–Crippen MR) is 74.1 cm³/mol. The highest BCUT2D eigenvalue weighted by atomic mass is 32.2. The molecular weight excluding hydrogens is 266 g/mol. The molecule has 0 radical (unpaired) electrons. The van der Waals surface area contributed by atoms with Crippen LogP contribution in [0, 0.1) is 0 Å². The molecular formula is C13H21NO4S. The second-order valence-corrected chi connectivity index (χ2v) is 6.29. The summed E-state index contributed by atoms with van der Waals surface area (Å²) in [4.78, 5) is 0. The maximum atomic E-state index is 12.0. The third-order valence-corrected chi connectivity index (χ3v) is 4.14. The lowest BCUT2D eigenvalue weighted by molar-refractivity contribution is 0.188. The average Bonchev–Trinajstić information content (AvgIpc) is 2.35. The van der Waals surface area contributed by atoms with Crippen LogP contribution >= 0.6 is 0 Å². The van der Waals surface area contributed by atoms with E-state index < -0.39 is 10.0 Å². The second-order valence-electron chi connectivity index (χ2n) is 4.54. The van der Waals surface area contributed by atoms with Crippen LogP contribution in [0.4, 0.5) is 0 Å². The highest BCUT2D eigenvalue weighted by Crippen LogP contribution is 2.09. The van der Waals surface area contributed by atoms with Gasteiger partial charge in [-0.25, -0.2) is 13.1 Å². The first kappa shape index (κ1) is 16.1. The zero-order valence-electron chi connectivity index (χ0n) is 11.3. The number of nitrogens with one attached hydrogen (secondary N) is 1. The lowest BCUT2D eigenvalue weighted by Crippen LogP contribution is -2.34. The molecule has 0 spiro atoms. The van der Waals surface area contributed by atoms with Crippen LogP contribution in [0.15, 0.2) is 24.3 Å². The molecule has 19 heavy (non-hydrogen) atoms. The zero-order valence-corrected chi connectivity index (χ0v) is 12.1. The SMILES string of the molecule is COCCC(C)NS(=O)(=O)Cc1cccc(CO)c1. The van der Waals surface area contributed by atoms with E-state index in [9.17, 15) is 8.42 Å². The molecule has 0 fully saturated rings. The Morgan fingerprint density at radius 2 is 2.05 bits per heavy atom. The van der Waals surface area contributed by atoms with Crippen LogP contribution in [0.2, 0.25) is 0 Å². The molecule has 1 atom stereocenters. The summed E-state index contributed by atoms with van der Waals surface area (Å²) in [6.45, 7) is 2.23. The Labute approximate surface area is 114 Å². The van der Waals surface area contributed by atoms with Gasteiger partial charge in [-0.1, -0.05) is 24.3 Å². The van der Waals surface area contributed by atoms with Crippen molar-refractivity contribution in [1.82, 2.24) is 4.72 Å². The van der Waals surface area contributed by atoms with Crippen LogP contribution in [-0.4, -0.2) is 33.3 Å².